The number of rotatable bonds is 8. The minimum Gasteiger partial charge on any atom is -0.493 e. The summed E-state index contributed by atoms with van der Waals surface area (Å²) in [5.41, 5.74) is 3.05. The Labute approximate surface area is 150 Å². The molecule has 0 atom stereocenters. The number of anilines is 2. The number of amides is 1. The molecule has 0 radical (unpaired) electrons. The molecule has 0 aliphatic carbocycles. The molecule has 2 aromatic rings. The number of nitrogens with zero attached hydrogens (tertiary/aromatic N) is 2. The lowest BCUT2D eigenvalue weighted by Gasteiger charge is -2.12. The largest absolute Gasteiger partial charge is 0.493 e. The Balaban J connectivity index is 1.67. The maximum Gasteiger partial charge on any atom is 0.224 e. The van der Waals surface area contributed by atoms with Crippen molar-refractivity contribution in [3.8, 4) is 5.75 Å². The van der Waals surface area contributed by atoms with Gasteiger partial charge in [-0.2, -0.15) is 0 Å². The van der Waals surface area contributed by atoms with Crippen LogP contribution >= 0.6 is 0 Å². The van der Waals surface area contributed by atoms with Crippen molar-refractivity contribution in [3.05, 3.63) is 47.7 Å². The van der Waals surface area contributed by atoms with Crippen LogP contribution in [0.3, 0.4) is 0 Å². The van der Waals surface area contributed by atoms with E-state index < -0.39 is 0 Å². The van der Waals surface area contributed by atoms with Gasteiger partial charge in [-0.3, -0.25) is 4.79 Å². The molecular formula is C20H27N3O2. The van der Waals surface area contributed by atoms with Crippen molar-refractivity contribution in [2.24, 2.45) is 0 Å². The van der Waals surface area contributed by atoms with Crippen molar-refractivity contribution in [1.29, 1.82) is 0 Å². The standard InChI is InChI=1S/C20H27N3O2/c1-15-8-9-16(2)18(13-15)25-12-6-5-7-20(24)22-17-10-11-19(21-14-17)23(3)4/h8-11,13-14H,5-7,12H2,1-4H3,(H,22,24). The summed E-state index contributed by atoms with van der Waals surface area (Å²) in [5.74, 6) is 1.80. The van der Waals surface area contributed by atoms with Crippen LogP contribution in [0.2, 0.25) is 0 Å². The molecule has 0 saturated heterocycles. The molecule has 0 aliphatic heterocycles. The number of ether oxygens (including phenoxy) is 1. The SMILES string of the molecule is Cc1ccc(C)c(OCCCCC(=O)Nc2ccc(N(C)C)nc2)c1. The van der Waals surface area contributed by atoms with Gasteiger partial charge in [0, 0.05) is 20.5 Å². The van der Waals surface area contributed by atoms with Gasteiger partial charge in [-0.05, 0) is 56.0 Å². The lowest BCUT2D eigenvalue weighted by atomic mass is 10.1. The first kappa shape index (κ1) is 18.8. The smallest absolute Gasteiger partial charge is 0.224 e. The Hall–Kier alpha value is -2.56. The van der Waals surface area contributed by atoms with Crippen molar-refractivity contribution < 1.29 is 9.53 Å². The molecule has 0 aliphatic rings. The van der Waals surface area contributed by atoms with Crippen molar-refractivity contribution >= 4 is 17.4 Å². The molecule has 0 unspecified atom stereocenters. The number of unbranched alkanes of at least 4 members (excludes halogenated alkanes) is 1. The maximum absolute atomic E-state index is 12.0. The third kappa shape index (κ3) is 6.10. The highest BCUT2D eigenvalue weighted by Crippen LogP contribution is 2.19. The van der Waals surface area contributed by atoms with E-state index in [0.29, 0.717) is 13.0 Å². The zero-order chi connectivity index (χ0) is 18.2. The van der Waals surface area contributed by atoms with Gasteiger partial charge >= 0.3 is 0 Å². The van der Waals surface area contributed by atoms with Crippen molar-refractivity contribution in [2.45, 2.75) is 33.1 Å². The predicted octanol–water partition coefficient (Wildman–Crippen LogP) is 3.95. The molecule has 0 bridgehead atoms. The zero-order valence-electron chi connectivity index (χ0n) is 15.5. The lowest BCUT2D eigenvalue weighted by Crippen LogP contribution is -2.13. The maximum atomic E-state index is 12.0. The molecule has 1 aromatic heterocycles. The van der Waals surface area contributed by atoms with Crippen LogP contribution in [0.1, 0.15) is 30.4 Å². The fraction of sp³-hybridized carbons (Fsp3) is 0.400. The summed E-state index contributed by atoms with van der Waals surface area (Å²) < 4.78 is 5.81. The molecule has 134 valence electrons. The molecule has 5 heteroatoms. The number of aryl methyl sites for hydroxylation is 2. The van der Waals surface area contributed by atoms with Gasteiger partial charge in [-0.25, -0.2) is 4.98 Å². The van der Waals surface area contributed by atoms with E-state index in [2.05, 4.69) is 29.4 Å². The number of aromatic nitrogens is 1. The first-order chi connectivity index (χ1) is 12.0. The molecule has 1 amide bonds. The molecule has 2 rings (SSSR count). The van der Waals surface area contributed by atoms with Crippen LogP contribution in [0.15, 0.2) is 36.5 Å². The van der Waals surface area contributed by atoms with Gasteiger partial charge in [-0.1, -0.05) is 12.1 Å². The minimum atomic E-state index is 0.00568. The summed E-state index contributed by atoms with van der Waals surface area (Å²) in [4.78, 5) is 18.2. The molecule has 25 heavy (non-hydrogen) atoms. The van der Waals surface area contributed by atoms with Gasteiger partial charge in [-0.15, -0.1) is 0 Å². The van der Waals surface area contributed by atoms with Crippen LogP contribution < -0.4 is 15.0 Å². The van der Waals surface area contributed by atoms with E-state index in [1.807, 2.05) is 44.1 Å². The van der Waals surface area contributed by atoms with Crippen LogP contribution in [0, 0.1) is 13.8 Å². The topological polar surface area (TPSA) is 54.5 Å². The quantitative estimate of drug-likeness (QED) is 0.739. The van der Waals surface area contributed by atoms with E-state index in [4.69, 9.17) is 4.74 Å². The molecule has 0 spiro atoms. The van der Waals surface area contributed by atoms with Crippen LogP contribution in [-0.2, 0) is 4.79 Å². The number of benzene rings is 1. The van der Waals surface area contributed by atoms with Gasteiger partial charge in [0.05, 0.1) is 18.5 Å². The van der Waals surface area contributed by atoms with Crippen molar-refractivity contribution in [3.63, 3.8) is 0 Å². The number of carbonyl (C=O) groups is 1. The third-order valence-electron chi connectivity index (χ3n) is 3.89. The second-order valence-corrected chi connectivity index (χ2v) is 6.42. The average molecular weight is 341 g/mol. The van der Waals surface area contributed by atoms with Crippen molar-refractivity contribution in [2.75, 3.05) is 30.9 Å². The van der Waals surface area contributed by atoms with Gasteiger partial charge in [0.25, 0.3) is 0 Å². The summed E-state index contributed by atoms with van der Waals surface area (Å²) in [7, 11) is 3.86. The van der Waals surface area contributed by atoms with Gasteiger partial charge in [0.15, 0.2) is 0 Å². The Morgan fingerprint density at radius 1 is 1.16 bits per heavy atom. The van der Waals surface area contributed by atoms with Crippen LogP contribution in [0.25, 0.3) is 0 Å². The van der Waals surface area contributed by atoms with E-state index in [1.54, 1.807) is 6.20 Å². The Bertz CT molecular complexity index is 697. The van der Waals surface area contributed by atoms with Crippen LogP contribution in [-0.4, -0.2) is 31.6 Å². The second kappa shape index (κ2) is 9.06. The summed E-state index contributed by atoms with van der Waals surface area (Å²) in [5, 5.41) is 2.87. The highest BCUT2D eigenvalue weighted by Gasteiger charge is 2.04. The lowest BCUT2D eigenvalue weighted by molar-refractivity contribution is -0.116. The van der Waals surface area contributed by atoms with E-state index in [-0.39, 0.29) is 5.91 Å². The summed E-state index contributed by atoms with van der Waals surface area (Å²) in [6.45, 7) is 4.71. The molecule has 1 N–H and O–H groups in total. The second-order valence-electron chi connectivity index (χ2n) is 6.42. The first-order valence-electron chi connectivity index (χ1n) is 8.59. The minimum absolute atomic E-state index is 0.00568. The summed E-state index contributed by atoms with van der Waals surface area (Å²) >= 11 is 0. The number of hydrogen-bond donors (Lipinski definition) is 1. The van der Waals surface area contributed by atoms with E-state index in [9.17, 15) is 4.79 Å². The van der Waals surface area contributed by atoms with E-state index in [0.717, 1.165) is 35.7 Å². The Morgan fingerprint density at radius 2 is 1.96 bits per heavy atom. The van der Waals surface area contributed by atoms with Gasteiger partial charge in [0.1, 0.15) is 11.6 Å². The highest BCUT2D eigenvalue weighted by atomic mass is 16.5. The predicted molar refractivity (Wildman–Crippen MR) is 102 cm³/mol. The van der Waals surface area contributed by atoms with E-state index >= 15 is 0 Å². The van der Waals surface area contributed by atoms with Gasteiger partial charge in [0.2, 0.25) is 5.91 Å². The number of hydrogen-bond acceptors (Lipinski definition) is 4. The summed E-state index contributed by atoms with van der Waals surface area (Å²) in [6, 6.07) is 9.93. The molecule has 5 nitrogen and oxygen atoms in total. The van der Waals surface area contributed by atoms with Crippen LogP contribution in [0.5, 0.6) is 5.75 Å². The third-order valence-corrected chi connectivity index (χ3v) is 3.89. The molecule has 0 saturated carbocycles. The molecule has 1 heterocycles. The van der Waals surface area contributed by atoms with Gasteiger partial charge < -0.3 is 15.0 Å². The number of nitrogens with one attached hydrogen (secondary N) is 1. The van der Waals surface area contributed by atoms with E-state index in [1.165, 1.54) is 5.56 Å². The fourth-order valence-corrected chi connectivity index (χ4v) is 2.38. The molecule has 1 aromatic carbocycles. The Kier molecular flexibility index (Phi) is 6.81. The fourth-order valence-electron chi connectivity index (χ4n) is 2.38. The molecular weight excluding hydrogens is 314 g/mol. The zero-order valence-corrected chi connectivity index (χ0v) is 15.5. The van der Waals surface area contributed by atoms with Crippen molar-refractivity contribution in [1.82, 2.24) is 4.98 Å². The Morgan fingerprint density at radius 3 is 2.64 bits per heavy atom. The normalized spacial score (nSPS) is 10.4. The molecule has 0 fully saturated rings. The van der Waals surface area contributed by atoms with Crippen LogP contribution in [0.4, 0.5) is 11.5 Å². The monoisotopic (exact) mass is 341 g/mol. The first-order valence-corrected chi connectivity index (χ1v) is 8.59. The number of carbonyl (C=O) groups excluding carboxylic acids is 1. The number of pyridine rings is 1. The average Bonchev–Trinajstić information content (AvgIpc) is 2.58. The highest BCUT2D eigenvalue weighted by molar-refractivity contribution is 5.90. The summed E-state index contributed by atoms with van der Waals surface area (Å²) in [6.07, 6.45) is 3.79.